The summed E-state index contributed by atoms with van der Waals surface area (Å²) in [6.07, 6.45) is 2.80. The number of hydrogen-bond donors (Lipinski definition) is 0. The molecule has 1 aliphatic rings. The molecule has 0 spiro atoms. The van der Waals surface area contributed by atoms with E-state index in [1.807, 2.05) is 32.0 Å². The maximum atomic E-state index is 12.0. The van der Waals surface area contributed by atoms with Gasteiger partial charge in [0.25, 0.3) is 0 Å². The van der Waals surface area contributed by atoms with Crippen molar-refractivity contribution in [1.82, 2.24) is 0 Å². The van der Waals surface area contributed by atoms with Crippen molar-refractivity contribution in [3.05, 3.63) is 41.0 Å². The Balaban J connectivity index is 2.42. The highest BCUT2D eigenvalue weighted by molar-refractivity contribution is 5.95. The number of esters is 1. The van der Waals surface area contributed by atoms with E-state index < -0.39 is 5.79 Å². The van der Waals surface area contributed by atoms with Gasteiger partial charge in [-0.2, -0.15) is 0 Å². The number of fused-ring (bicyclic) bond motifs is 1. The molecule has 0 unspecified atom stereocenters. The molecule has 18 heavy (non-hydrogen) atoms. The molecule has 96 valence electrons. The minimum Gasteiger partial charge on any atom is -0.452 e. The van der Waals surface area contributed by atoms with Gasteiger partial charge in [0.1, 0.15) is 11.3 Å². The van der Waals surface area contributed by atoms with E-state index in [0.29, 0.717) is 17.7 Å². The summed E-state index contributed by atoms with van der Waals surface area (Å²) in [5.74, 6) is -0.589. The van der Waals surface area contributed by atoms with Crippen LogP contribution >= 0.6 is 0 Å². The summed E-state index contributed by atoms with van der Waals surface area (Å²) in [7, 11) is 0. The Morgan fingerprint density at radius 3 is 2.67 bits per heavy atom. The first kappa shape index (κ1) is 12.7. The lowest BCUT2D eigenvalue weighted by Crippen LogP contribution is -2.39. The Kier molecular flexibility index (Phi) is 3.16. The number of carbonyl (C=O) groups is 1. The number of rotatable bonds is 2. The predicted molar refractivity (Wildman–Crippen MR) is 69.7 cm³/mol. The predicted octanol–water partition coefficient (Wildman–Crippen LogP) is 3.48. The minimum absolute atomic E-state index is 0.306. The summed E-state index contributed by atoms with van der Waals surface area (Å²) in [4.78, 5) is 12.0. The Bertz CT molecular complexity index is 508. The van der Waals surface area contributed by atoms with Crippen molar-refractivity contribution in [2.45, 2.75) is 39.9 Å². The average Bonchev–Trinajstić information content (AvgIpc) is 2.23. The van der Waals surface area contributed by atoms with Crippen LogP contribution in [0.2, 0.25) is 0 Å². The van der Waals surface area contributed by atoms with Gasteiger partial charge in [-0.05, 0) is 31.9 Å². The molecule has 0 bridgehead atoms. The summed E-state index contributed by atoms with van der Waals surface area (Å²) in [5, 5.41) is 0. The Morgan fingerprint density at radius 2 is 2.00 bits per heavy atom. The van der Waals surface area contributed by atoms with Gasteiger partial charge >= 0.3 is 5.97 Å². The zero-order valence-electron chi connectivity index (χ0n) is 11.2. The number of carbonyl (C=O) groups excluding carboxylic acids is 1. The third kappa shape index (κ3) is 2.55. The van der Waals surface area contributed by atoms with Gasteiger partial charge in [0.05, 0.1) is 0 Å². The Labute approximate surface area is 107 Å². The molecule has 0 aromatic heterocycles. The molecule has 1 heterocycles. The lowest BCUT2D eigenvalue weighted by Gasteiger charge is -2.32. The quantitative estimate of drug-likeness (QED) is 0.592. The number of ether oxygens (including phenoxy) is 2. The van der Waals surface area contributed by atoms with Crippen LogP contribution in [0.4, 0.5) is 0 Å². The van der Waals surface area contributed by atoms with E-state index in [1.165, 1.54) is 5.57 Å². The molecule has 1 aliphatic heterocycles. The standard InChI is InChI=1S/C15H18O3/c1-10(2)8-9-11-6-5-7-12-13(11)14(16)18-15(3,4)17-12/h5-8H,9H2,1-4H3. The maximum Gasteiger partial charge on any atom is 0.345 e. The van der Waals surface area contributed by atoms with Crippen LogP contribution in [0.1, 0.15) is 43.6 Å². The molecule has 0 N–H and O–H groups in total. The largest absolute Gasteiger partial charge is 0.452 e. The molecular formula is C15H18O3. The highest BCUT2D eigenvalue weighted by Crippen LogP contribution is 2.33. The van der Waals surface area contributed by atoms with E-state index in [0.717, 1.165) is 5.56 Å². The molecule has 2 rings (SSSR count). The van der Waals surface area contributed by atoms with Crippen LogP contribution < -0.4 is 4.74 Å². The molecule has 0 fully saturated rings. The molecule has 1 aromatic carbocycles. The number of cyclic esters (lactones) is 1. The van der Waals surface area contributed by atoms with Gasteiger partial charge in [-0.25, -0.2) is 4.79 Å². The number of allylic oxidation sites excluding steroid dienone is 2. The monoisotopic (exact) mass is 246 g/mol. The van der Waals surface area contributed by atoms with Gasteiger partial charge in [-0.15, -0.1) is 0 Å². The van der Waals surface area contributed by atoms with Crippen LogP contribution in [0, 0.1) is 0 Å². The lowest BCUT2D eigenvalue weighted by atomic mass is 10.0. The molecule has 0 saturated carbocycles. The fourth-order valence-electron chi connectivity index (χ4n) is 1.94. The van der Waals surface area contributed by atoms with Crippen molar-refractivity contribution >= 4 is 5.97 Å². The third-order valence-corrected chi connectivity index (χ3v) is 2.74. The molecule has 3 heteroatoms. The van der Waals surface area contributed by atoms with E-state index in [2.05, 4.69) is 6.08 Å². The molecule has 3 nitrogen and oxygen atoms in total. The average molecular weight is 246 g/mol. The van der Waals surface area contributed by atoms with Crippen LogP contribution in [0.25, 0.3) is 0 Å². The normalized spacial score (nSPS) is 16.3. The maximum absolute atomic E-state index is 12.0. The highest BCUT2D eigenvalue weighted by atomic mass is 16.7. The van der Waals surface area contributed by atoms with E-state index >= 15 is 0 Å². The van der Waals surface area contributed by atoms with Gasteiger partial charge in [0.15, 0.2) is 0 Å². The fraction of sp³-hybridized carbons (Fsp3) is 0.400. The van der Waals surface area contributed by atoms with Gasteiger partial charge < -0.3 is 9.47 Å². The topological polar surface area (TPSA) is 35.5 Å². The van der Waals surface area contributed by atoms with Crippen molar-refractivity contribution in [3.63, 3.8) is 0 Å². The van der Waals surface area contributed by atoms with Crippen LogP contribution in [-0.4, -0.2) is 11.8 Å². The minimum atomic E-state index is -0.890. The fourth-order valence-corrected chi connectivity index (χ4v) is 1.94. The Hall–Kier alpha value is -1.77. The number of hydrogen-bond acceptors (Lipinski definition) is 3. The zero-order chi connectivity index (χ0) is 13.3. The summed E-state index contributed by atoms with van der Waals surface area (Å²) in [5.41, 5.74) is 2.71. The first-order chi connectivity index (χ1) is 8.39. The second kappa shape index (κ2) is 4.48. The van der Waals surface area contributed by atoms with E-state index in [-0.39, 0.29) is 5.97 Å². The molecule has 0 radical (unpaired) electrons. The third-order valence-electron chi connectivity index (χ3n) is 2.74. The van der Waals surface area contributed by atoms with Gasteiger partial charge in [-0.1, -0.05) is 23.8 Å². The second-order valence-electron chi connectivity index (χ2n) is 5.17. The van der Waals surface area contributed by atoms with Crippen molar-refractivity contribution in [2.24, 2.45) is 0 Å². The van der Waals surface area contributed by atoms with Crippen molar-refractivity contribution in [3.8, 4) is 5.75 Å². The number of benzene rings is 1. The van der Waals surface area contributed by atoms with Gasteiger partial charge in [-0.3, -0.25) is 0 Å². The van der Waals surface area contributed by atoms with E-state index in [9.17, 15) is 4.79 Å². The van der Waals surface area contributed by atoms with Crippen LogP contribution in [0.3, 0.4) is 0 Å². The van der Waals surface area contributed by atoms with E-state index in [1.54, 1.807) is 13.8 Å². The van der Waals surface area contributed by atoms with Crippen molar-refractivity contribution in [2.75, 3.05) is 0 Å². The molecule has 0 aliphatic carbocycles. The van der Waals surface area contributed by atoms with Crippen molar-refractivity contribution < 1.29 is 14.3 Å². The molecule has 1 aromatic rings. The molecule has 0 amide bonds. The van der Waals surface area contributed by atoms with E-state index in [4.69, 9.17) is 9.47 Å². The van der Waals surface area contributed by atoms with Gasteiger partial charge in [0.2, 0.25) is 5.79 Å². The first-order valence-corrected chi connectivity index (χ1v) is 6.07. The van der Waals surface area contributed by atoms with Crippen molar-refractivity contribution in [1.29, 1.82) is 0 Å². The highest BCUT2D eigenvalue weighted by Gasteiger charge is 2.34. The molecule has 0 saturated heterocycles. The summed E-state index contributed by atoms with van der Waals surface area (Å²) >= 11 is 0. The van der Waals surface area contributed by atoms with Crippen LogP contribution in [0.5, 0.6) is 5.75 Å². The summed E-state index contributed by atoms with van der Waals surface area (Å²) in [6, 6.07) is 5.65. The molecular weight excluding hydrogens is 228 g/mol. The second-order valence-corrected chi connectivity index (χ2v) is 5.17. The SMILES string of the molecule is CC(C)=CCc1cccc2c1C(=O)OC(C)(C)O2. The van der Waals surface area contributed by atoms with Gasteiger partial charge in [0, 0.05) is 13.8 Å². The zero-order valence-corrected chi connectivity index (χ0v) is 11.2. The Morgan fingerprint density at radius 1 is 1.28 bits per heavy atom. The smallest absolute Gasteiger partial charge is 0.345 e. The van der Waals surface area contributed by atoms with Crippen LogP contribution in [-0.2, 0) is 11.2 Å². The first-order valence-electron chi connectivity index (χ1n) is 6.07. The summed E-state index contributed by atoms with van der Waals surface area (Å²) in [6.45, 7) is 7.54. The van der Waals surface area contributed by atoms with Crippen LogP contribution in [0.15, 0.2) is 29.8 Å². The summed E-state index contributed by atoms with van der Waals surface area (Å²) < 4.78 is 10.9. The lowest BCUT2D eigenvalue weighted by molar-refractivity contribution is -0.127. The molecule has 0 atom stereocenters.